The average molecular weight is 1300 g/mol. The van der Waals surface area contributed by atoms with Crippen LogP contribution in [0.25, 0.3) is 0 Å². The van der Waals surface area contributed by atoms with Gasteiger partial charge in [0.05, 0.1) is 26.4 Å². The first-order chi connectivity index (χ1) is 42.5. The fourth-order valence-electron chi connectivity index (χ4n) is 10.5. The number of ether oxygens (including phenoxy) is 4. The molecule has 88 heavy (non-hydrogen) atoms. The number of aliphatic hydroxyl groups excluding tert-OH is 1. The molecular formula is C69H134O17P2. The molecule has 0 radical (unpaired) electrons. The third-order valence-electron chi connectivity index (χ3n) is 16.0. The molecule has 0 saturated carbocycles. The summed E-state index contributed by atoms with van der Waals surface area (Å²) in [7, 11) is -9.89. The minimum atomic E-state index is -4.95. The molecule has 522 valence electrons. The summed E-state index contributed by atoms with van der Waals surface area (Å²) in [5.74, 6) is -1.32. The summed E-state index contributed by atoms with van der Waals surface area (Å²) in [6.07, 6.45) is 48.5. The third kappa shape index (κ3) is 62.8. The van der Waals surface area contributed by atoms with E-state index >= 15 is 0 Å². The van der Waals surface area contributed by atoms with E-state index in [2.05, 4.69) is 34.6 Å². The number of unbranched alkanes of at least 4 members (excludes halogenated alkanes) is 41. The number of carbonyl (C=O) groups excluding carboxylic acids is 4. The van der Waals surface area contributed by atoms with Gasteiger partial charge in [0.25, 0.3) is 0 Å². The second-order valence-electron chi connectivity index (χ2n) is 25.4. The van der Waals surface area contributed by atoms with E-state index < -0.39 is 97.5 Å². The van der Waals surface area contributed by atoms with Crippen molar-refractivity contribution in [3.8, 4) is 0 Å². The number of hydrogen-bond acceptors (Lipinski definition) is 15. The quantitative estimate of drug-likeness (QED) is 0.0222. The molecule has 5 atom stereocenters. The lowest BCUT2D eigenvalue weighted by Gasteiger charge is -2.21. The lowest BCUT2D eigenvalue weighted by Crippen LogP contribution is -2.30. The van der Waals surface area contributed by atoms with Gasteiger partial charge in [-0.3, -0.25) is 37.3 Å². The molecule has 0 fully saturated rings. The second kappa shape index (κ2) is 62.5. The topological polar surface area (TPSA) is 237 Å². The van der Waals surface area contributed by atoms with Crippen molar-refractivity contribution < 1.29 is 80.2 Å². The Balaban J connectivity index is 5.17. The van der Waals surface area contributed by atoms with E-state index in [1.807, 2.05) is 0 Å². The predicted molar refractivity (Wildman–Crippen MR) is 354 cm³/mol. The lowest BCUT2D eigenvalue weighted by molar-refractivity contribution is -0.161. The Labute approximate surface area is 537 Å². The molecule has 0 rings (SSSR count). The summed E-state index contributed by atoms with van der Waals surface area (Å²) in [6, 6.07) is 0. The molecule has 19 heteroatoms. The third-order valence-corrected chi connectivity index (χ3v) is 17.9. The molecular weight excluding hydrogens is 1160 g/mol. The number of phosphoric acid groups is 2. The van der Waals surface area contributed by atoms with E-state index in [-0.39, 0.29) is 25.7 Å². The zero-order valence-corrected chi connectivity index (χ0v) is 58.6. The van der Waals surface area contributed by atoms with Gasteiger partial charge < -0.3 is 33.8 Å². The highest BCUT2D eigenvalue weighted by Crippen LogP contribution is 2.45. The van der Waals surface area contributed by atoms with Crippen LogP contribution in [0.3, 0.4) is 0 Å². The Morgan fingerprint density at radius 2 is 0.523 bits per heavy atom. The van der Waals surface area contributed by atoms with E-state index in [0.717, 1.165) is 95.8 Å². The molecule has 0 aliphatic carbocycles. The molecule has 0 aromatic carbocycles. The molecule has 0 spiro atoms. The number of rotatable bonds is 69. The van der Waals surface area contributed by atoms with Crippen LogP contribution in [0.4, 0.5) is 0 Å². The van der Waals surface area contributed by atoms with Crippen molar-refractivity contribution in [3.63, 3.8) is 0 Å². The van der Waals surface area contributed by atoms with Crippen LogP contribution in [0, 0.1) is 5.92 Å². The standard InChI is InChI=1S/C69H134O17P2/c1-6-9-12-15-18-21-33-38-43-48-53-67(72)80-59-65(86-69(74)55-50-45-40-35-30-28-26-24-23-25-27-29-32-36-41-46-51-62(4)5)61-84-88(77,78)82-57-63(70)56-81-87(75,76)83-60-64(58-79-66(71)52-47-42-37-31-20-17-14-11-8-3)85-68(73)54-49-44-39-34-22-19-16-13-10-7-2/h62-65,70H,6-61H2,1-5H3,(H,75,76)(H,77,78)/t63-,64+,65+/m0/s1. The van der Waals surface area contributed by atoms with Crippen molar-refractivity contribution in [2.24, 2.45) is 5.92 Å². The Hall–Kier alpha value is -1.94. The molecule has 3 N–H and O–H groups in total. The fourth-order valence-corrected chi connectivity index (χ4v) is 12.0. The van der Waals surface area contributed by atoms with Crippen LogP contribution in [0.2, 0.25) is 0 Å². The summed E-state index contributed by atoms with van der Waals surface area (Å²) < 4.78 is 68.1. The molecule has 0 bridgehead atoms. The summed E-state index contributed by atoms with van der Waals surface area (Å²) in [5, 5.41) is 10.6. The lowest BCUT2D eigenvalue weighted by atomic mass is 10.0. The van der Waals surface area contributed by atoms with E-state index in [1.54, 1.807) is 0 Å². The summed E-state index contributed by atoms with van der Waals surface area (Å²) >= 11 is 0. The van der Waals surface area contributed by atoms with Gasteiger partial charge >= 0.3 is 39.5 Å². The number of carbonyl (C=O) groups is 4. The molecule has 0 amide bonds. The largest absolute Gasteiger partial charge is 0.472 e. The average Bonchev–Trinajstić information content (AvgIpc) is 3.52. The maximum Gasteiger partial charge on any atom is 0.472 e. The molecule has 0 aliphatic heterocycles. The van der Waals surface area contributed by atoms with Crippen LogP contribution in [-0.2, 0) is 65.4 Å². The van der Waals surface area contributed by atoms with Crippen molar-refractivity contribution in [1.82, 2.24) is 0 Å². The van der Waals surface area contributed by atoms with Crippen molar-refractivity contribution in [2.75, 3.05) is 39.6 Å². The van der Waals surface area contributed by atoms with Gasteiger partial charge in [-0.1, -0.05) is 304 Å². The summed E-state index contributed by atoms with van der Waals surface area (Å²) in [5.41, 5.74) is 0. The monoisotopic (exact) mass is 1300 g/mol. The van der Waals surface area contributed by atoms with Gasteiger partial charge in [0, 0.05) is 25.7 Å². The highest BCUT2D eigenvalue weighted by molar-refractivity contribution is 7.47. The summed E-state index contributed by atoms with van der Waals surface area (Å²) in [6.45, 7) is 7.24. The maximum atomic E-state index is 13.0. The Bertz CT molecular complexity index is 1700. The molecule has 0 heterocycles. The molecule has 0 aromatic heterocycles. The molecule has 17 nitrogen and oxygen atoms in total. The van der Waals surface area contributed by atoms with E-state index in [9.17, 15) is 43.2 Å². The first-order valence-electron chi connectivity index (χ1n) is 36.1. The number of hydrogen-bond donors (Lipinski definition) is 3. The van der Waals surface area contributed by atoms with Gasteiger partial charge in [-0.25, -0.2) is 9.13 Å². The Morgan fingerprint density at radius 1 is 0.307 bits per heavy atom. The molecule has 2 unspecified atom stereocenters. The Morgan fingerprint density at radius 3 is 0.773 bits per heavy atom. The first kappa shape index (κ1) is 86.1. The van der Waals surface area contributed by atoms with Gasteiger partial charge in [-0.15, -0.1) is 0 Å². The van der Waals surface area contributed by atoms with Gasteiger partial charge in [0.15, 0.2) is 12.2 Å². The SMILES string of the molecule is CCCCCCCCCCCCC(=O)OC[C@H](COP(=O)(O)OC[C@@H](O)COP(=O)(O)OC[C@@H](COC(=O)CCCCCCCCCCC)OC(=O)CCCCCCCCCCCC)OC(=O)CCCCCCCCCCCCCCCCCCC(C)C. The minimum absolute atomic E-state index is 0.107. The zero-order valence-electron chi connectivity index (χ0n) is 56.9. The van der Waals surface area contributed by atoms with E-state index in [0.29, 0.717) is 25.7 Å². The van der Waals surface area contributed by atoms with E-state index in [1.165, 1.54) is 180 Å². The molecule has 0 aromatic rings. The fraction of sp³-hybridized carbons (Fsp3) is 0.942. The van der Waals surface area contributed by atoms with Crippen molar-refractivity contribution >= 4 is 39.5 Å². The predicted octanol–water partition coefficient (Wildman–Crippen LogP) is 19.7. The number of phosphoric ester groups is 2. The second-order valence-corrected chi connectivity index (χ2v) is 28.3. The highest BCUT2D eigenvalue weighted by atomic mass is 31.2. The molecule has 0 saturated heterocycles. The van der Waals surface area contributed by atoms with Gasteiger partial charge in [0.1, 0.15) is 19.3 Å². The Kier molecular flexibility index (Phi) is 61.1. The van der Waals surface area contributed by atoms with Crippen LogP contribution in [0.1, 0.15) is 356 Å². The normalized spacial score (nSPS) is 14.1. The summed E-state index contributed by atoms with van der Waals surface area (Å²) in [4.78, 5) is 72.3. The van der Waals surface area contributed by atoms with Gasteiger partial charge in [-0.05, 0) is 31.6 Å². The highest BCUT2D eigenvalue weighted by Gasteiger charge is 2.30. The van der Waals surface area contributed by atoms with Gasteiger partial charge in [-0.2, -0.15) is 0 Å². The maximum absolute atomic E-state index is 13.0. The van der Waals surface area contributed by atoms with Crippen LogP contribution in [0.15, 0.2) is 0 Å². The minimum Gasteiger partial charge on any atom is -0.462 e. The van der Waals surface area contributed by atoms with Crippen LogP contribution >= 0.6 is 15.6 Å². The van der Waals surface area contributed by atoms with Gasteiger partial charge in [0.2, 0.25) is 0 Å². The van der Waals surface area contributed by atoms with Crippen molar-refractivity contribution in [3.05, 3.63) is 0 Å². The van der Waals surface area contributed by atoms with Crippen LogP contribution in [0.5, 0.6) is 0 Å². The van der Waals surface area contributed by atoms with Crippen molar-refractivity contribution in [1.29, 1.82) is 0 Å². The van der Waals surface area contributed by atoms with Crippen LogP contribution < -0.4 is 0 Å². The zero-order chi connectivity index (χ0) is 64.9. The number of aliphatic hydroxyl groups is 1. The van der Waals surface area contributed by atoms with Crippen molar-refractivity contribution in [2.45, 2.75) is 374 Å². The smallest absolute Gasteiger partial charge is 0.462 e. The number of esters is 4. The first-order valence-corrected chi connectivity index (χ1v) is 39.1. The van der Waals surface area contributed by atoms with Crippen LogP contribution in [-0.4, -0.2) is 96.7 Å². The van der Waals surface area contributed by atoms with E-state index in [4.69, 9.17) is 37.0 Å². The molecule has 0 aliphatic rings.